The molecule has 0 atom stereocenters. The highest BCUT2D eigenvalue weighted by Gasteiger charge is 2.25. The summed E-state index contributed by atoms with van der Waals surface area (Å²) < 4.78 is 66.9. The van der Waals surface area contributed by atoms with Crippen LogP contribution < -0.4 is 35.7 Å². The molecule has 0 unspecified atom stereocenters. The van der Waals surface area contributed by atoms with Crippen molar-refractivity contribution in [3.63, 3.8) is 0 Å². The van der Waals surface area contributed by atoms with E-state index in [2.05, 4.69) is 93.0 Å². The van der Waals surface area contributed by atoms with Crippen molar-refractivity contribution in [3.05, 3.63) is 229 Å². The molecule has 3 aliphatic rings. The monoisotopic (exact) mass is 1280 g/mol. The number of rotatable bonds is 15. The average molecular weight is 1280 g/mol. The van der Waals surface area contributed by atoms with Crippen molar-refractivity contribution in [2.24, 2.45) is 7.05 Å². The largest absolute Gasteiger partial charge is 0.493 e. The van der Waals surface area contributed by atoms with Crippen molar-refractivity contribution in [2.45, 2.75) is 66.1 Å². The zero-order chi connectivity index (χ0) is 66.0. The summed E-state index contributed by atoms with van der Waals surface area (Å²) >= 11 is 0. The first-order valence-electron chi connectivity index (χ1n) is 30.9. The van der Waals surface area contributed by atoms with Gasteiger partial charge >= 0.3 is 0 Å². The van der Waals surface area contributed by atoms with E-state index in [1.165, 1.54) is 28.4 Å². The third-order valence-electron chi connectivity index (χ3n) is 17.0. The minimum absolute atomic E-state index is 0.232. The lowest BCUT2D eigenvalue weighted by Crippen LogP contribution is -2.21. The van der Waals surface area contributed by atoms with Gasteiger partial charge in [-0.25, -0.2) is 42.8 Å². The molecule has 0 fully saturated rings. The molecule has 5 aromatic carbocycles. The van der Waals surface area contributed by atoms with Crippen molar-refractivity contribution < 1.29 is 27.4 Å². The van der Waals surface area contributed by atoms with Crippen LogP contribution in [0.1, 0.15) is 61.5 Å². The van der Waals surface area contributed by atoms with Gasteiger partial charge in [0.15, 0.2) is 0 Å². The first kappa shape index (κ1) is 62.2. The summed E-state index contributed by atoms with van der Waals surface area (Å²) in [6.07, 6.45) is 15.1. The minimum atomic E-state index is -0.276. The van der Waals surface area contributed by atoms with Crippen molar-refractivity contribution in [1.29, 1.82) is 5.26 Å². The summed E-state index contributed by atoms with van der Waals surface area (Å²) in [6.45, 7) is 16.6. The minimum Gasteiger partial charge on any atom is -0.493 e. The number of nitrogens with zero attached hydrogens (tertiary/aromatic N) is 14. The van der Waals surface area contributed by atoms with Crippen LogP contribution in [0.15, 0.2) is 133 Å². The van der Waals surface area contributed by atoms with Crippen LogP contribution in [-0.4, -0.2) is 98.2 Å². The Morgan fingerprint density at radius 2 is 1.09 bits per heavy atom. The summed E-state index contributed by atoms with van der Waals surface area (Å²) in [5, 5.41) is 23.1. The summed E-state index contributed by atoms with van der Waals surface area (Å²) in [5.41, 5.74) is 15.2. The van der Waals surface area contributed by atoms with Gasteiger partial charge in [-0.1, -0.05) is 48.0 Å². The fourth-order valence-electron chi connectivity index (χ4n) is 12.2. The van der Waals surface area contributed by atoms with Gasteiger partial charge in [0.2, 0.25) is 23.5 Å². The Balaban J connectivity index is 0.000000129. The van der Waals surface area contributed by atoms with Gasteiger partial charge in [0.25, 0.3) is 11.4 Å². The highest BCUT2D eigenvalue weighted by atomic mass is 19.1. The fraction of sp³-hybridized carbons (Fsp3) is 0.239. The molecule has 3 aliphatic heterocycles. The fourth-order valence-corrected chi connectivity index (χ4v) is 12.2. The van der Waals surface area contributed by atoms with Crippen LogP contribution in [0.25, 0.3) is 55.2 Å². The Labute approximate surface area is 544 Å². The second-order valence-corrected chi connectivity index (χ2v) is 23.4. The van der Waals surface area contributed by atoms with Crippen LogP contribution in [0.5, 0.6) is 17.2 Å². The molecule has 0 saturated heterocycles. The highest BCUT2D eigenvalue weighted by molar-refractivity contribution is 5.82. The lowest BCUT2D eigenvalue weighted by atomic mass is 9.98. The van der Waals surface area contributed by atoms with E-state index in [0.29, 0.717) is 108 Å². The van der Waals surface area contributed by atoms with Gasteiger partial charge in [-0.2, -0.15) is 10.4 Å². The van der Waals surface area contributed by atoms with E-state index in [1.54, 1.807) is 77.2 Å². The van der Waals surface area contributed by atoms with Crippen LogP contribution in [0, 0.1) is 56.1 Å². The maximum atomic E-state index is 14.6. The zero-order valence-electron chi connectivity index (χ0n) is 52.9. The van der Waals surface area contributed by atoms with Crippen LogP contribution in [-0.2, 0) is 52.4 Å². The molecule has 0 amide bonds. The number of fused-ring (bicyclic) bond motifs is 6. The number of nitriles is 1. The third-order valence-corrected chi connectivity index (χ3v) is 17.0. The van der Waals surface area contributed by atoms with Crippen LogP contribution in [0.4, 0.5) is 36.8 Å². The molecule has 0 radical (unpaired) electrons. The standard InChI is InChI=1S/C26H25FN6O.C24H20FN5O.C21H19FN6O2/c1-28-24-16-33-25(31-24)20(18-6-4-5-17(13-18)9-11-32(2)3)14-29-26(33)30-15-21-19-10-12-34-23(19)8-7-22(21)27;1-14-13-30-23(29-14)20(17-5-3-4-16(10-26)15(17)2)12-28-24(30)27-11-19-18-8-9-31-22(18)7-6-21(19)25;1-12-11-28-19(26-12)16(14-5-7-25-27(2)20(14)29)10-24-21(28)23-9-15-13-6-8-30-18(13)4-3-17(15)22/h4-8,13-14,16H,9-12,15H2,2-3H3,(H,29,30);3-7,12-13H,8-9,11H2,1-2H3,(H,27,28);3-5,7,10-11H,6,8-9H2,1-2H3,(H,23,24). The van der Waals surface area contributed by atoms with Crippen molar-refractivity contribution in [3.8, 4) is 56.7 Å². The first-order chi connectivity index (χ1) is 46.1. The van der Waals surface area contributed by atoms with E-state index >= 15 is 0 Å². The Kier molecular flexibility index (Phi) is 17.4. The van der Waals surface area contributed by atoms with Gasteiger partial charge in [0, 0.05) is 140 Å². The molecule has 7 aromatic heterocycles. The second-order valence-electron chi connectivity index (χ2n) is 23.4. The lowest BCUT2D eigenvalue weighted by Gasteiger charge is -2.14. The molecule has 95 heavy (non-hydrogen) atoms. The Morgan fingerprint density at radius 3 is 1.60 bits per heavy atom. The SMILES string of the molecule is Cc1cn2c(NCc3c(F)ccc4c3CCO4)ncc(-c3cccc(C#N)c3C)c2n1.Cc1cn2c(NCc3c(F)ccc4c3CCO4)ncc(-c3ccnn(C)c3=O)c2n1.[C-]#[N+]c1cn2c(NCc3c(F)ccc4c3CCO4)ncc(-c3cccc(CCN(C)C)c3)c2n1. The van der Waals surface area contributed by atoms with Gasteiger partial charge in [0.1, 0.15) is 46.0 Å². The van der Waals surface area contributed by atoms with E-state index in [-0.39, 0.29) is 41.9 Å². The molecule has 15 rings (SSSR count). The number of benzene rings is 5. The number of anilines is 3. The van der Waals surface area contributed by atoms with Crippen molar-refractivity contribution in [1.82, 2.24) is 57.8 Å². The summed E-state index contributed by atoms with van der Waals surface area (Å²) in [5.74, 6) is 3.27. The number of aromatic nitrogens is 11. The summed E-state index contributed by atoms with van der Waals surface area (Å²) in [4.78, 5) is 45.7. The number of imidazole rings is 3. The molecule has 10 heterocycles. The number of likely N-dealkylation sites (N-methyl/N-ethyl adjacent to an activating group) is 1. The smallest absolute Gasteiger partial charge is 0.288 e. The van der Waals surface area contributed by atoms with Crippen molar-refractivity contribution in [2.75, 3.05) is 56.4 Å². The quantitative estimate of drug-likeness (QED) is 0.0812. The number of ether oxygens (including phenoxy) is 3. The molecule has 3 N–H and O–H groups in total. The van der Waals surface area contributed by atoms with E-state index in [1.807, 2.05) is 61.8 Å². The van der Waals surface area contributed by atoms with E-state index in [4.69, 9.17) is 20.8 Å². The second kappa shape index (κ2) is 26.5. The number of halogens is 3. The molecule has 478 valence electrons. The topological polar surface area (TPSA) is 221 Å². The predicted octanol–water partition coefficient (Wildman–Crippen LogP) is 11.8. The maximum absolute atomic E-state index is 14.6. The molecule has 0 spiro atoms. The van der Waals surface area contributed by atoms with Gasteiger partial charge in [-0.15, -0.1) is 0 Å². The summed E-state index contributed by atoms with van der Waals surface area (Å²) in [6, 6.07) is 27.1. The molecule has 0 bridgehead atoms. The molecule has 0 saturated carbocycles. The maximum Gasteiger partial charge on any atom is 0.288 e. The van der Waals surface area contributed by atoms with E-state index in [9.17, 15) is 23.2 Å². The number of hydrogen-bond donors (Lipinski definition) is 3. The number of hydrogen-bond acceptors (Lipinski definition) is 16. The van der Waals surface area contributed by atoms with Crippen molar-refractivity contribution >= 4 is 40.6 Å². The van der Waals surface area contributed by atoms with E-state index in [0.717, 1.165) is 91.8 Å². The molecular weight excluding hydrogens is 1210 g/mol. The Bertz CT molecular complexity index is 5120. The predicted molar refractivity (Wildman–Crippen MR) is 355 cm³/mol. The molecule has 21 nitrogen and oxygen atoms in total. The van der Waals surface area contributed by atoms with Gasteiger partial charge in [0.05, 0.1) is 54.0 Å². The zero-order valence-corrected chi connectivity index (χ0v) is 52.9. The first-order valence-corrected chi connectivity index (χ1v) is 30.9. The van der Waals surface area contributed by atoms with Gasteiger partial charge < -0.3 is 39.9 Å². The molecule has 0 aliphatic carbocycles. The Hall–Kier alpha value is -11.6. The van der Waals surface area contributed by atoms with Gasteiger partial charge in [-0.05, 0) is 112 Å². The number of nitrogens with one attached hydrogen (secondary N) is 3. The molecular formula is C71H64F3N17O4. The van der Waals surface area contributed by atoms with Gasteiger partial charge in [-0.3, -0.25) is 18.0 Å². The average Bonchev–Trinajstić information content (AvgIpc) is 1.74. The van der Waals surface area contributed by atoms with Crippen LogP contribution >= 0.6 is 0 Å². The normalized spacial score (nSPS) is 12.6. The number of aryl methyl sites for hydroxylation is 3. The Morgan fingerprint density at radius 1 is 0.611 bits per heavy atom. The lowest BCUT2D eigenvalue weighted by molar-refractivity contribution is 0.356. The molecule has 24 heteroatoms. The highest BCUT2D eigenvalue weighted by Crippen LogP contribution is 2.36. The molecule has 12 aromatic rings. The summed E-state index contributed by atoms with van der Waals surface area (Å²) in [7, 11) is 5.71. The van der Waals surface area contributed by atoms with E-state index < -0.39 is 0 Å². The van der Waals surface area contributed by atoms with Crippen LogP contribution in [0.3, 0.4) is 0 Å². The van der Waals surface area contributed by atoms with Crippen LogP contribution in [0.2, 0.25) is 0 Å². The third kappa shape index (κ3) is 12.5.